The Morgan fingerprint density at radius 1 is 0.420 bits per heavy atom. The third kappa shape index (κ3) is 5.50. The average molecular weight is 706 g/mol. The third-order valence-electron chi connectivity index (χ3n) is 9.17. The van der Waals surface area contributed by atoms with Crippen molar-refractivity contribution in [1.29, 1.82) is 0 Å². The second-order valence-electron chi connectivity index (χ2n) is 12.0. The lowest BCUT2D eigenvalue weighted by Crippen LogP contribution is -2.40. The topological polar surface area (TPSA) is 0 Å². The van der Waals surface area contributed by atoms with E-state index < -0.39 is 43.0 Å². The first-order valence-electron chi connectivity index (χ1n) is 16.1. The molecule has 1 aliphatic carbocycles. The van der Waals surface area contributed by atoms with E-state index in [-0.39, 0.29) is 0 Å². The van der Waals surface area contributed by atoms with Gasteiger partial charge in [0.15, 0.2) is 0 Å². The summed E-state index contributed by atoms with van der Waals surface area (Å²) in [6.07, 6.45) is 0. The molecule has 0 radical (unpaired) electrons. The highest BCUT2D eigenvalue weighted by Crippen LogP contribution is 2.64. The van der Waals surface area contributed by atoms with E-state index in [4.69, 9.17) is 0 Å². The molecule has 0 nitrogen and oxygen atoms in total. The van der Waals surface area contributed by atoms with Gasteiger partial charge in [0.05, 0.1) is 17.0 Å². The number of benzene rings is 6. The van der Waals surface area contributed by atoms with Gasteiger partial charge in [0.25, 0.3) is 0 Å². The minimum Gasteiger partial charge on any atom is -0.206 e. The van der Waals surface area contributed by atoms with E-state index in [1.165, 1.54) is 0 Å². The Bertz CT molecular complexity index is 2000. The monoisotopic (exact) mass is 705 g/mol. The molecule has 6 aromatic carbocycles. The number of halogens is 5. The lowest BCUT2D eigenvalue weighted by Gasteiger charge is -2.30. The van der Waals surface area contributed by atoms with Gasteiger partial charge in [-0.2, -0.15) is 17.6 Å². The molecule has 0 atom stereocenters. The Morgan fingerprint density at radius 2 is 0.720 bits per heavy atom. The lowest BCUT2D eigenvalue weighted by molar-refractivity contribution is -0.147. The van der Waals surface area contributed by atoms with Crippen molar-refractivity contribution < 1.29 is 22.0 Å². The van der Waals surface area contributed by atoms with Crippen LogP contribution in [0, 0.1) is 0 Å². The van der Waals surface area contributed by atoms with Crippen molar-refractivity contribution in [3.8, 4) is 0 Å². The van der Waals surface area contributed by atoms with Crippen LogP contribution in [0.4, 0.5) is 22.0 Å². The van der Waals surface area contributed by atoms with E-state index in [1.54, 1.807) is 182 Å². The van der Waals surface area contributed by atoms with Gasteiger partial charge in [0.2, 0.25) is 0 Å². The van der Waals surface area contributed by atoms with Gasteiger partial charge < -0.3 is 0 Å². The molecule has 248 valence electrons. The first-order chi connectivity index (χ1) is 24.2. The molecule has 1 aliphatic rings. The van der Waals surface area contributed by atoms with E-state index in [1.807, 2.05) is 0 Å². The summed E-state index contributed by atoms with van der Waals surface area (Å²) in [5, 5.41) is 3.80. The fourth-order valence-corrected chi connectivity index (χ4v) is 14.6. The number of hydrogen-bond acceptors (Lipinski definition) is 0. The van der Waals surface area contributed by atoms with Gasteiger partial charge in [0.1, 0.15) is 29.0 Å². The molecule has 50 heavy (non-hydrogen) atoms. The Kier molecular flexibility index (Phi) is 9.07. The van der Waals surface area contributed by atoms with Crippen molar-refractivity contribution in [3.05, 3.63) is 205 Å². The molecule has 6 aromatic rings. The number of hydrogen-bond donors (Lipinski definition) is 0. The first kappa shape index (κ1) is 33.7. The van der Waals surface area contributed by atoms with Crippen molar-refractivity contribution in [3.63, 3.8) is 0 Å². The second-order valence-corrected chi connectivity index (χ2v) is 18.5. The molecule has 0 unspecified atom stereocenters. The van der Waals surface area contributed by atoms with Crippen LogP contribution in [-0.4, -0.2) is 17.6 Å². The maximum absolute atomic E-state index is 17.3. The van der Waals surface area contributed by atoms with Crippen LogP contribution in [-0.2, 0) is 0 Å². The molecule has 0 heterocycles. The molecular weight excluding hydrogens is 673 g/mol. The van der Waals surface area contributed by atoms with Gasteiger partial charge in [-0.05, 0) is 65.0 Å². The number of allylic oxidation sites excluding steroid dienone is 3. The van der Waals surface area contributed by atoms with E-state index in [0.717, 1.165) is 11.6 Å². The Morgan fingerprint density at radius 3 is 1.04 bits per heavy atom. The molecule has 0 saturated carbocycles. The van der Waals surface area contributed by atoms with E-state index in [9.17, 15) is 0 Å². The Labute approximate surface area is 289 Å². The van der Waals surface area contributed by atoms with Crippen molar-refractivity contribution in [1.82, 2.24) is 0 Å². The summed E-state index contributed by atoms with van der Waals surface area (Å²) in [5.41, 5.74) is -2.60. The summed E-state index contributed by atoms with van der Waals surface area (Å²) in [6, 6.07) is 53.6. The maximum atomic E-state index is 17.3. The van der Waals surface area contributed by atoms with Gasteiger partial charge in [-0.25, -0.2) is 4.39 Å². The standard InChI is InChI=1S/C43H32F5P2/c44-41-39(31-49(33-19-7-1-8-20-33,34-21-9-2-10-22-34)35-23-11-3-12-24-35)42(45,46)43(47,48)40(41)32-50(36-25-13-4-14-26-36,37-27-15-5-16-28-37)38-29-17-6-18-30-38/h1-32H/q+1/b39-31-. The van der Waals surface area contributed by atoms with E-state index in [2.05, 4.69) is 0 Å². The van der Waals surface area contributed by atoms with Crippen LogP contribution in [0.3, 0.4) is 0 Å². The molecule has 0 bridgehead atoms. The van der Waals surface area contributed by atoms with Gasteiger partial charge in [-0.3, -0.25) is 0 Å². The zero-order chi connectivity index (χ0) is 34.8. The fraction of sp³-hybridized carbons (Fsp3) is 0.0465. The molecular formula is C43H32F5P2+. The summed E-state index contributed by atoms with van der Waals surface area (Å²) in [6.45, 7) is -3.28. The van der Waals surface area contributed by atoms with Crippen LogP contribution >= 0.6 is 14.1 Å². The zero-order valence-electron chi connectivity index (χ0n) is 26.8. The van der Waals surface area contributed by atoms with Crippen molar-refractivity contribution in [2.24, 2.45) is 0 Å². The summed E-state index contributed by atoms with van der Waals surface area (Å²) in [5.74, 6) is -9.05. The minimum absolute atomic E-state index is 0.633. The molecule has 7 heteroatoms. The zero-order valence-corrected chi connectivity index (χ0v) is 28.5. The van der Waals surface area contributed by atoms with Gasteiger partial charge >= 0.3 is 11.8 Å². The van der Waals surface area contributed by atoms with Crippen LogP contribution < -0.4 is 31.8 Å². The molecule has 0 saturated heterocycles. The number of rotatable bonds is 8. The highest BCUT2D eigenvalue weighted by Gasteiger charge is 2.69. The first-order valence-corrected chi connectivity index (χ1v) is 19.8. The molecule has 7 rings (SSSR count). The molecule has 0 aliphatic heterocycles. The molecule has 0 aromatic heterocycles. The summed E-state index contributed by atoms with van der Waals surface area (Å²) in [4.78, 5) is 0. The van der Waals surface area contributed by atoms with Crippen molar-refractivity contribution in [2.45, 2.75) is 11.8 Å². The quantitative estimate of drug-likeness (QED) is 0.110. The van der Waals surface area contributed by atoms with E-state index >= 15 is 22.0 Å². The smallest absolute Gasteiger partial charge is 0.206 e. The lowest BCUT2D eigenvalue weighted by atomic mass is 10.1. The number of alkyl halides is 4. The second kappa shape index (κ2) is 13.5. The van der Waals surface area contributed by atoms with Crippen molar-refractivity contribution in [2.75, 3.05) is 0 Å². The normalized spacial score (nSPS) is 16.4. The fourth-order valence-electron chi connectivity index (χ4n) is 6.74. The predicted octanol–water partition coefficient (Wildman–Crippen LogP) is 9.17. The molecule has 0 spiro atoms. The summed E-state index contributed by atoms with van der Waals surface area (Å²) in [7, 11) is -3.28. The van der Waals surface area contributed by atoms with Gasteiger partial charge in [-0.1, -0.05) is 146 Å². The van der Waals surface area contributed by atoms with Crippen LogP contribution in [0.5, 0.6) is 0 Å². The van der Waals surface area contributed by atoms with Crippen LogP contribution in [0.1, 0.15) is 0 Å². The highest BCUT2D eigenvalue weighted by atomic mass is 31.2. The predicted molar refractivity (Wildman–Crippen MR) is 202 cm³/mol. The SMILES string of the molecule is FC1=C(C=P(c2ccccc2)(c2ccccc2)c2ccccc2)C(F)(F)C(F)(F)/C1=C\[P+](c1ccccc1)(c1ccccc1)c1ccccc1. The maximum Gasteiger partial charge on any atom is 0.345 e. The largest absolute Gasteiger partial charge is 0.345 e. The van der Waals surface area contributed by atoms with E-state index in [0.29, 0.717) is 31.8 Å². The molecule has 0 fully saturated rings. The molecule has 0 N–H and O–H groups in total. The summed E-state index contributed by atoms with van der Waals surface area (Å²) < 4.78 is 83.9. The summed E-state index contributed by atoms with van der Waals surface area (Å²) >= 11 is 0. The third-order valence-corrected chi connectivity index (χ3v) is 17.1. The average Bonchev–Trinajstić information content (AvgIpc) is 3.29. The van der Waals surface area contributed by atoms with Crippen LogP contribution in [0.2, 0.25) is 0 Å². The highest BCUT2D eigenvalue weighted by molar-refractivity contribution is 7.98. The molecule has 0 amide bonds. The Hall–Kier alpha value is -4.82. The van der Waals surface area contributed by atoms with Gasteiger partial charge in [0, 0.05) is 0 Å². The van der Waals surface area contributed by atoms with Crippen molar-refractivity contribution >= 4 is 51.8 Å². The minimum atomic E-state index is -4.85. The van der Waals surface area contributed by atoms with Gasteiger partial charge in [-0.15, -0.1) is 0 Å². The van der Waals surface area contributed by atoms with Crippen LogP contribution in [0.25, 0.3) is 0 Å². The Balaban J connectivity index is 1.61. The van der Waals surface area contributed by atoms with Crippen LogP contribution in [0.15, 0.2) is 205 Å².